The van der Waals surface area contributed by atoms with Crippen molar-refractivity contribution in [3.05, 3.63) is 34.4 Å². The molecule has 1 unspecified atom stereocenters. The summed E-state index contributed by atoms with van der Waals surface area (Å²) in [7, 11) is 0. The Kier molecular flexibility index (Phi) is 3.68. The second-order valence-corrected chi connectivity index (χ2v) is 11.1. The lowest BCUT2D eigenvalue weighted by atomic mass is 9.44. The predicted molar refractivity (Wildman–Crippen MR) is 106 cm³/mol. The summed E-state index contributed by atoms with van der Waals surface area (Å²) in [6, 6.07) is 3.30. The number of rotatable bonds is 1. The number of fused-ring (bicyclic) bond motifs is 3. The summed E-state index contributed by atoms with van der Waals surface area (Å²) < 4.78 is 11.6. The molecule has 10 atom stereocenters. The Balaban J connectivity index is 1.38. The molecule has 5 aliphatic rings. The third-order valence-electron chi connectivity index (χ3n) is 10.2. The van der Waals surface area contributed by atoms with Gasteiger partial charge < -0.3 is 19.4 Å². The van der Waals surface area contributed by atoms with Gasteiger partial charge in [-0.3, -0.25) is 0 Å². The average Bonchev–Trinajstić information content (AvgIpc) is 3.40. The Morgan fingerprint density at radius 1 is 1.03 bits per heavy atom. The molecule has 6 rings (SSSR count). The summed E-state index contributed by atoms with van der Waals surface area (Å²) in [4.78, 5) is 11.5. The van der Waals surface area contributed by atoms with E-state index in [-0.39, 0.29) is 40.2 Å². The van der Waals surface area contributed by atoms with Crippen molar-refractivity contribution in [1.29, 1.82) is 0 Å². The summed E-state index contributed by atoms with van der Waals surface area (Å²) in [5.74, 6) is 1.63. The second kappa shape index (κ2) is 5.74. The van der Waals surface area contributed by atoms with Crippen molar-refractivity contribution in [2.24, 2.45) is 28.6 Å². The minimum atomic E-state index is -0.551. The molecule has 1 aliphatic heterocycles. The Morgan fingerprint density at radius 2 is 1.86 bits per heavy atom. The van der Waals surface area contributed by atoms with Crippen LogP contribution in [-0.4, -0.2) is 34.1 Å². The fraction of sp³-hybridized carbons (Fsp3) is 0.792. The van der Waals surface area contributed by atoms with Crippen molar-refractivity contribution in [1.82, 2.24) is 0 Å². The highest BCUT2D eigenvalue weighted by molar-refractivity contribution is 5.38. The molecule has 0 aromatic carbocycles. The van der Waals surface area contributed by atoms with Crippen molar-refractivity contribution >= 4 is 0 Å². The molecule has 0 amide bonds. The van der Waals surface area contributed by atoms with E-state index in [0.717, 1.165) is 50.5 Å². The molecule has 0 bridgehead atoms. The van der Waals surface area contributed by atoms with Gasteiger partial charge in [0.05, 0.1) is 18.5 Å². The highest BCUT2D eigenvalue weighted by atomic mass is 16.6. The molecule has 2 heterocycles. The van der Waals surface area contributed by atoms with Crippen molar-refractivity contribution in [3.63, 3.8) is 0 Å². The molecule has 5 nitrogen and oxygen atoms in total. The van der Waals surface area contributed by atoms with Gasteiger partial charge in [-0.1, -0.05) is 13.8 Å². The molecule has 1 saturated heterocycles. The molecule has 1 aromatic heterocycles. The molecule has 1 aromatic rings. The van der Waals surface area contributed by atoms with Gasteiger partial charge in [-0.2, -0.15) is 0 Å². The molecular formula is C24H32O5. The number of aliphatic hydroxyl groups is 2. The first kappa shape index (κ1) is 18.6. The van der Waals surface area contributed by atoms with Crippen LogP contribution in [0.15, 0.2) is 27.6 Å². The highest BCUT2D eigenvalue weighted by Gasteiger charge is 2.83. The summed E-state index contributed by atoms with van der Waals surface area (Å²) in [5, 5.41) is 21.5. The first-order valence-corrected chi connectivity index (χ1v) is 11.4. The van der Waals surface area contributed by atoms with E-state index in [1.54, 1.807) is 6.26 Å². The standard InChI is InChI=1S/C24H32O5/c1-22-9-7-15(25)11-14(22)4-5-17-16(22)8-10-23(2)19(13-3-6-18(26)28-12-13)20(27)21-24(17,23)29-21/h3,6,12,14-17,19-21,25,27H,4-5,7-11H2,1-2H3/t14?,15-,16-,17+,19-,20+,21+,22-,23+,24+/m0/s1. The normalized spacial score (nSPS) is 55.4. The van der Waals surface area contributed by atoms with Crippen LogP contribution in [0.25, 0.3) is 0 Å². The van der Waals surface area contributed by atoms with Gasteiger partial charge >= 0.3 is 5.63 Å². The van der Waals surface area contributed by atoms with Crippen molar-refractivity contribution < 1.29 is 19.4 Å². The Bertz CT molecular complexity index is 875. The maximum atomic E-state index is 11.5. The number of epoxide rings is 1. The smallest absolute Gasteiger partial charge is 0.335 e. The van der Waals surface area contributed by atoms with E-state index >= 15 is 0 Å². The van der Waals surface area contributed by atoms with Crippen LogP contribution in [0.4, 0.5) is 0 Å². The average molecular weight is 401 g/mol. The van der Waals surface area contributed by atoms with Crippen molar-refractivity contribution in [2.45, 2.75) is 88.6 Å². The number of hydrogen-bond acceptors (Lipinski definition) is 5. The van der Waals surface area contributed by atoms with Gasteiger partial charge in [-0.05, 0) is 79.7 Å². The van der Waals surface area contributed by atoms with Crippen LogP contribution < -0.4 is 5.63 Å². The van der Waals surface area contributed by atoms with Gasteiger partial charge in [0.15, 0.2) is 0 Å². The van der Waals surface area contributed by atoms with Gasteiger partial charge in [-0.25, -0.2) is 4.79 Å². The van der Waals surface area contributed by atoms with E-state index in [9.17, 15) is 15.0 Å². The predicted octanol–water partition coefficient (Wildman–Crippen LogP) is 3.23. The maximum absolute atomic E-state index is 11.5. The van der Waals surface area contributed by atoms with Crippen LogP contribution in [0.2, 0.25) is 0 Å². The Morgan fingerprint density at radius 3 is 2.62 bits per heavy atom. The summed E-state index contributed by atoms with van der Waals surface area (Å²) in [6.45, 7) is 4.76. The largest absolute Gasteiger partial charge is 0.431 e. The van der Waals surface area contributed by atoms with E-state index in [1.807, 2.05) is 6.07 Å². The number of ether oxygens (including phenoxy) is 1. The summed E-state index contributed by atoms with van der Waals surface area (Å²) in [5.41, 5.74) is 0.457. The fourth-order valence-electron chi connectivity index (χ4n) is 8.81. The van der Waals surface area contributed by atoms with Crippen LogP contribution in [0.5, 0.6) is 0 Å². The molecule has 158 valence electrons. The highest BCUT2D eigenvalue weighted by Crippen LogP contribution is 2.77. The maximum Gasteiger partial charge on any atom is 0.335 e. The van der Waals surface area contributed by atoms with Crippen LogP contribution in [0.1, 0.15) is 70.3 Å². The number of hydrogen-bond donors (Lipinski definition) is 2. The lowest BCUT2D eigenvalue weighted by Gasteiger charge is -2.61. The zero-order valence-electron chi connectivity index (χ0n) is 17.3. The lowest BCUT2D eigenvalue weighted by Crippen LogP contribution is -2.58. The fourth-order valence-corrected chi connectivity index (χ4v) is 8.81. The van der Waals surface area contributed by atoms with Gasteiger partial charge in [0, 0.05) is 17.4 Å². The summed E-state index contributed by atoms with van der Waals surface area (Å²) in [6.07, 6.45) is 8.19. The van der Waals surface area contributed by atoms with Crippen molar-refractivity contribution in [2.75, 3.05) is 0 Å². The molecule has 4 saturated carbocycles. The monoisotopic (exact) mass is 400 g/mol. The van der Waals surface area contributed by atoms with Crippen LogP contribution in [-0.2, 0) is 4.74 Å². The van der Waals surface area contributed by atoms with Crippen LogP contribution >= 0.6 is 0 Å². The molecule has 1 spiro atoms. The minimum absolute atomic E-state index is 0.0507. The lowest BCUT2D eigenvalue weighted by molar-refractivity contribution is -0.143. The van der Waals surface area contributed by atoms with E-state index in [4.69, 9.17) is 9.15 Å². The van der Waals surface area contributed by atoms with E-state index in [0.29, 0.717) is 17.8 Å². The quantitative estimate of drug-likeness (QED) is 0.707. The van der Waals surface area contributed by atoms with Gasteiger partial charge in [0.2, 0.25) is 0 Å². The topological polar surface area (TPSA) is 83.2 Å². The molecule has 5 fully saturated rings. The van der Waals surface area contributed by atoms with E-state index in [2.05, 4.69) is 13.8 Å². The molecule has 0 radical (unpaired) electrons. The number of aliphatic hydroxyl groups excluding tert-OH is 2. The first-order chi connectivity index (χ1) is 13.8. The molecule has 5 heteroatoms. The Hall–Kier alpha value is -1.17. The van der Waals surface area contributed by atoms with E-state index < -0.39 is 6.10 Å². The second-order valence-electron chi connectivity index (χ2n) is 11.1. The zero-order chi connectivity index (χ0) is 20.2. The third-order valence-corrected chi connectivity index (χ3v) is 10.2. The van der Waals surface area contributed by atoms with Crippen molar-refractivity contribution in [3.8, 4) is 0 Å². The Labute approximate surface area is 171 Å². The molecule has 2 N–H and O–H groups in total. The van der Waals surface area contributed by atoms with Crippen LogP contribution in [0, 0.1) is 28.6 Å². The molecule has 4 aliphatic carbocycles. The third kappa shape index (κ3) is 2.14. The zero-order valence-corrected chi connectivity index (χ0v) is 17.3. The first-order valence-electron chi connectivity index (χ1n) is 11.4. The SMILES string of the molecule is C[C@]12CC[C@H](O)CC1CC[C@@H]1[C@@H]2CC[C@]2(C)[C@@H](c3ccc(=O)oc3)[C@@H](O)[C@H]3O[C@]132. The van der Waals surface area contributed by atoms with Gasteiger partial charge in [0.25, 0.3) is 0 Å². The minimum Gasteiger partial charge on any atom is -0.431 e. The van der Waals surface area contributed by atoms with Crippen LogP contribution in [0.3, 0.4) is 0 Å². The summed E-state index contributed by atoms with van der Waals surface area (Å²) >= 11 is 0. The van der Waals surface area contributed by atoms with Gasteiger partial charge in [0.1, 0.15) is 11.7 Å². The molecular weight excluding hydrogens is 368 g/mol. The van der Waals surface area contributed by atoms with Gasteiger partial charge in [-0.15, -0.1) is 0 Å². The van der Waals surface area contributed by atoms with E-state index in [1.165, 1.54) is 6.07 Å². The molecule has 29 heavy (non-hydrogen) atoms.